The molecule has 0 saturated heterocycles. The van der Waals surface area contributed by atoms with Crippen molar-refractivity contribution in [2.75, 3.05) is 0 Å². The largest absolute Gasteiger partial charge is 0.393 e. The van der Waals surface area contributed by atoms with Gasteiger partial charge in [-0.05, 0) is 20.3 Å². The van der Waals surface area contributed by atoms with E-state index in [1.54, 1.807) is 0 Å². The van der Waals surface area contributed by atoms with Crippen molar-refractivity contribution < 1.29 is 4.52 Å². The molecule has 0 aliphatic carbocycles. The van der Waals surface area contributed by atoms with E-state index in [0.29, 0.717) is 4.99 Å². The molecule has 0 radical (unpaired) electrons. The van der Waals surface area contributed by atoms with Crippen LogP contribution in [0.1, 0.15) is 30.9 Å². The van der Waals surface area contributed by atoms with Crippen LogP contribution in [-0.4, -0.2) is 10.1 Å². The molecule has 0 aliphatic heterocycles. The molecule has 0 aliphatic rings. The quantitative estimate of drug-likeness (QED) is 0.780. The summed E-state index contributed by atoms with van der Waals surface area (Å²) in [6.07, 6.45) is 0.781. The molecule has 0 unspecified atom stereocenters. The van der Waals surface area contributed by atoms with Crippen LogP contribution in [0.15, 0.2) is 4.52 Å². The van der Waals surface area contributed by atoms with Crippen molar-refractivity contribution in [3.05, 3.63) is 17.0 Å². The molecule has 1 rings (SSSR count). The lowest BCUT2D eigenvalue weighted by atomic mass is 9.85. The molecule has 0 fully saturated rings. The van der Waals surface area contributed by atoms with Crippen molar-refractivity contribution in [1.82, 2.24) is 5.16 Å². The van der Waals surface area contributed by atoms with E-state index in [9.17, 15) is 0 Å². The monoisotopic (exact) mass is 212 g/mol. The third kappa shape index (κ3) is 2.12. The van der Waals surface area contributed by atoms with Crippen molar-refractivity contribution in [1.29, 1.82) is 0 Å². The molecule has 0 spiro atoms. The maximum atomic E-state index is 5.67. The second kappa shape index (κ2) is 3.69. The highest BCUT2D eigenvalue weighted by Gasteiger charge is 2.25. The van der Waals surface area contributed by atoms with E-state index in [1.807, 2.05) is 27.7 Å². The van der Waals surface area contributed by atoms with Crippen LogP contribution >= 0.6 is 12.2 Å². The van der Waals surface area contributed by atoms with E-state index >= 15 is 0 Å². The number of hydrogen-bond donors (Lipinski definition) is 1. The van der Waals surface area contributed by atoms with Gasteiger partial charge in [0.25, 0.3) is 0 Å². The summed E-state index contributed by atoms with van der Waals surface area (Å²) in [6.45, 7) is 7.90. The Morgan fingerprint density at radius 1 is 1.50 bits per heavy atom. The second-order valence-electron chi connectivity index (χ2n) is 4.23. The first-order valence-corrected chi connectivity index (χ1v) is 4.97. The number of hydrogen-bond acceptors (Lipinski definition) is 3. The predicted molar refractivity (Wildman–Crippen MR) is 60.2 cm³/mol. The van der Waals surface area contributed by atoms with Gasteiger partial charge in [0.05, 0.1) is 10.7 Å². The smallest absolute Gasteiger partial charge is 0.137 e. The first-order valence-electron chi connectivity index (χ1n) is 4.56. The van der Waals surface area contributed by atoms with Gasteiger partial charge in [0, 0.05) is 11.0 Å². The van der Waals surface area contributed by atoms with Crippen LogP contribution in [-0.2, 0) is 6.42 Å². The highest BCUT2D eigenvalue weighted by Crippen LogP contribution is 2.25. The van der Waals surface area contributed by atoms with Gasteiger partial charge in [-0.2, -0.15) is 0 Å². The Bertz CT molecular complexity index is 336. The topological polar surface area (TPSA) is 52.0 Å². The molecule has 0 saturated carbocycles. The Morgan fingerprint density at radius 3 is 2.43 bits per heavy atom. The summed E-state index contributed by atoms with van der Waals surface area (Å²) in [5, 5.41) is 3.90. The molecule has 0 amide bonds. The lowest BCUT2D eigenvalue weighted by Gasteiger charge is -2.22. The second-order valence-corrected chi connectivity index (χ2v) is 4.67. The summed E-state index contributed by atoms with van der Waals surface area (Å²) < 4.78 is 5.09. The number of thiocarbonyl (C=S) groups is 1. The van der Waals surface area contributed by atoms with Crippen LogP contribution in [0.25, 0.3) is 0 Å². The molecule has 78 valence electrons. The van der Waals surface area contributed by atoms with Crippen molar-refractivity contribution in [3.63, 3.8) is 0 Å². The molecular formula is C10H16N2OS. The Kier molecular flexibility index (Phi) is 2.95. The first kappa shape index (κ1) is 11.2. The molecule has 3 nitrogen and oxygen atoms in total. The highest BCUT2D eigenvalue weighted by molar-refractivity contribution is 7.80. The lowest BCUT2D eigenvalue weighted by Crippen LogP contribution is -2.32. The fourth-order valence-electron chi connectivity index (χ4n) is 1.28. The molecule has 0 aromatic carbocycles. The van der Waals surface area contributed by atoms with Crippen molar-refractivity contribution in [2.24, 2.45) is 11.1 Å². The van der Waals surface area contributed by atoms with E-state index in [0.717, 1.165) is 23.4 Å². The molecule has 1 heterocycles. The normalized spacial score (nSPS) is 11.7. The lowest BCUT2D eigenvalue weighted by molar-refractivity contribution is 0.390. The average Bonchev–Trinajstić information content (AvgIpc) is 2.35. The zero-order valence-corrected chi connectivity index (χ0v) is 9.86. The predicted octanol–water partition coefficient (Wildman–Crippen LogP) is 2.15. The fourth-order valence-corrected chi connectivity index (χ4v) is 1.36. The van der Waals surface area contributed by atoms with Gasteiger partial charge in [-0.25, -0.2) is 0 Å². The van der Waals surface area contributed by atoms with E-state index in [2.05, 4.69) is 5.16 Å². The molecule has 0 bridgehead atoms. The molecule has 0 atom stereocenters. The molecule has 1 aromatic heterocycles. The fraction of sp³-hybridized carbons (Fsp3) is 0.600. The summed E-state index contributed by atoms with van der Waals surface area (Å²) in [4.78, 5) is 0.525. The number of aryl methyl sites for hydroxylation is 2. The highest BCUT2D eigenvalue weighted by atomic mass is 32.1. The Hall–Kier alpha value is -0.900. The summed E-state index contributed by atoms with van der Waals surface area (Å²) in [7, 11) is 0. The minimum atomic E-state index is -0.184. The van der Waals surface area contributed by atoms with Crippen LogP contribution in [0.5, 0.6) is 0 Å². The third-order valence-corrected chi connectivity index (χ3v) is 3.02. The standard InChI is InChI=1S/C10H16N2OS/c1-6-8(7(2)13-12-6)5-10(3,4)9(11)14/h5H2,1-4H3,(H2,11,14). The van der Waals surface area contributed by atoms with Gasteiger partial charge in [-0.15, -0.1) is 0 Å². The zero-order valence-electron chi connectivity index (χ0n) is 9.05. The number of nitrogens with two attached hydrogens (primary N) is 1. The molecule has 14 heavy (non-hydrogen) atoms. The number of nitrogens with zero attached hydrogens (tertiary/aromatic N) is 1. The van der Waals surface area contributed by atoms with Crippen LogP contribution in [0, 0.1) is 19.3 Å². The molecular weight excluding hydrogens is 196 g/mol. The van der Waals surface area contributed by atoms with Gasteiger partial charge >= 0.3 is 0 Å². The average molecular weight is 212 g/mol. The maximum Gasteiger partial charge on any atom is 0.137 e. The van der Waals surface area contributed by atoms with Crippen LogP contribution in [0.4, 0.5) is 0 Å². The summed E-state index contributed by atoms with van der Waals surface area (Å²) >= 11 is 5.02. The van der Waals surface area contributed by atoms with Crippen molar-refractivity contribution in [2.45, 2.75) is 34.1 Å². The van der Waals surface area contributed by atoms with Gasteiger partial charge in [-0.3, -0.25) is 0 Å². The first-order chi connectivity index (χ1) is 6.34. The van der Waals surface area contributed by atoms with Gasteiger partial charge in [0.15, 0.2) is 0 Å². The summed E-state index contributed by atoms with van der Waals surface area (Å²) in [5.41, 5.74) is 7.52. The molecule has 1 aromatic rings. The maximum absolute atomic E-state index is 5.67. The van der Waals surface area contributed by atoms with E-state index in [4.69, 9.17) is 22.5 Å². The van der Waals surface area contributed by atoms with Crippen LogP contribution in [0.3, 0.4) is 0 Å². The molecule has 4 heteroatoms. The van der Waals surface area contributed by atoms with Crippen molar-refractivity contribution >= 4 is 17.2 Å². The minimum Gasteiger partial charge on any atom is -0.393 e. The van der Waals surface area contributed by atoms with Gasteiger partial charge in [0.2, 0.25) is 0 Å². The summed E-state index contributed by atoms with van der Waals surface area (Å²) in [5.74, 6) is 0.854. The molecule has 2 N–H and O–H groups in total. The summed E-state index contributed by atoms with van der Waals surface area (Å²) in [6, 6.07) is 0. The zero-order chi connectivity index (χ0) is 10.9. The van der Waals surface area contributed by atoms with E-state index in [-0.39, 0.29) is 5.41 Å². The van der Waals surface area contributed by atoms with E-state index in [1.165, 1.54) is 0 Å². The number of aromatic nitrogens is 1. The third-order valence-electron chi connectivity index (χ3n) is 2.47. The van der Waals surface area contributed by atoms with Gasteiger partial charge in [-0.1, -0.05) is 31.2 Å². The van der Waals surface area contributed by atoms with Gasteiger partial charge in [0.1, 0.15) is 5.76 Å². The minimum absolute atomic E-state index is 0.184. The van der Waals surface area contributed by atoms with Gasteiger partial charge < -0.3 is 10.3 Å². The Morgan fingerprint density at radius 2 is 2.07 bits per heavy atom. The van der Waals surface area contributed by atoms with Crippen molar-refractivity contribution in [3.8, 4) is 0 Å². The SMILES string of the molecule is Cc1noc(C)c1CC(C)(C)C(N)=S. The number of rotatable bonds is 3. The van der Waals surface area contributed by atoms with Crippen LogP contribution in [0.2, 0.25) is 0 Å². The Labute approximate surface area is 89.7 Å². The van der Waals surface area contributed by atoms with Crippen LogP contribution < -0.4 is 5.73 Å². The van der Waals surface area contributed by atoms with E-state index < -0.39 is 0 Å². The Balaban J connectivity index is 2.94.